The molecule has 1 heterocycles. The molecule has 7 heteroatoms. The summed E-state index contributed by atoms with van der Waals surface area (Å²) in [7, 11) is 0. The van der Waals surface area contributed by atoms with Crippen LogP contribution in [0.5, 0.6) is 0 Å². The molecule has 1 aliphatic rings. The summed E-state index contributed by atoms with van der Waals surface area (Å²) in [5, 5.41) is 9.32. The van der Waals surface area contributed by atoms with Crippen LogP contribution in [0, 0.1) is 0 Å². The first-order chi connectivity index (χ1) is 8.42. The maximum Gasteiger partial charge on any atom is 0.324 e. The van der Waals surface area contributed by atoms with Crippen molar-refractivity contribution in [2.75, 3.05) is 13.1 Å². The molecule has 1 unspecified atom stereocenters. The van der Waals surface area contributed by atoms with Gasteiger partial charge in [0.05, 0.1) is 6.54 Å². The fourth-order valence-corrected chi connectivity index (χ4v) is 2.33. The number of carbonyl (C=O) groups is 3. The number of rotatable bonds is 4. The van der Waals surface area contributed by atoms with E-state index in [1.807, 2.05) is 0 Å². The Morgan fingerprint density at radius 3 is 2.50 bits per heavy atom. The zero-order valence-corrected chi connectivity index (χ0v) is 10.7. The van der Waals surface area contributed by atoms with Crippen LogP contribution in [-0.4, -0.2) is 46.4 Å². The van der Waals surface area contributed by atoms with Crippen molar-refractivity contribution in [1.29, 1.82) is 0 Å². The molecule has 18 heavy (non-hydrogen) atoms. The number of likely N-dealkylation sites (tertiary alicyclic amines) is 1. The summed E-state index contributed by atoms with van der Waals surface area (Å²) in [5.41, 5.74) is 3.47. The molecule has 0 aromatic heterocycles. The highest BCUT2D eigenvalue weighted by Gasteiger charge is 2.46. The lowest BCUT2D eigenvalue weighted by molar-refractivity contribution is -0.150. The molecular weight excluding hydrogens is 238 g/mol. The van der Waals surface area contributed by atoms with Crippen LogP contribution in [0.15, 0.2) is 0 Å². The number of hydrogen-bond acceptors (Lipinski definition) is 4. The van der Waals surface area contributed by atoms with Gasteiger partial charge in [-0.25, -0.2) is 0 Å². The summed E-state index contributed by atoms with van der Waals surface area (Å²) in [6, 6.07) is 0. The molecule has 1 atom stereocenters. The molecule has 0 radical (unpaired) electrons. The highest BCUT2D eigenvalue weighted by atomic mass is 16.4. The van der Waals surface area contributed by atoms with Crippen molar-refractivity contribution in [3.8, 4) is 0 Å². The van der Waals surface area contributed by atoms with Gasteiger partial charge in [-0.2, -0.15) is 0 Å². The van der Waals surface area contributed by atoms with E-state index in [9.17, 15) is 19.5 Å². The second-order valence-corrected chi connectivity index (χ2v) is 4.44. The minimum absolute atomic E-state index is 0.0274. The van der Waals surface area contributed by atoms with Gasteiger partial charge in [0, 0.05) is 6.92 Å². The Balaban J connectivity index is 2.62. The quantitative estimate of drug-likeness (QED) is 0.589. The fraction of sp³-hybridized carbons (Fsp3) is 0.727. The van der Waals surface area contributed by atoms with Crippen LogP contribution in [0.2, 0.25) is 0 Å². The standard InChI is InChI=1S/C11H19N3O4/c1-3-11(10(17)18)5-4-6-14(11)7-9(16)13-12-8(2)15/h3-7H2,1-2H3,(H,12,15)(H,13,16)(H,17,18). The molecule has 102 valence electrons. The number of carboxylic acid groups (broad SMARTS) is 1. The van der Waals surface area contributed by atoms with Gasteiger partial charge in [0.15, 0.2) is 0 Å². The molecule has 0 aliphatic carbocycles. The third-order valence-electron chi connectivity index (χ3n) is 3.32. The minimum Gasteiger partial charge on any atom is -0.480 e. The number of nitrogens with one attached hydrogen (secondary N) is 2. The highest BCUT2D eigenvalue weighted by molar-refractivity contribution is 5.84. The molecule has 1 rings (SSSR count). The number of carbonyl (C=O) groups excluding carboxylic acids is 2. The monoisotopic (exact) mass is 257 g/mol. The topological polar surface area (TPSA) is 98.7 Å². The van der Waals surface area contributed by atoms with Crippen molar-refractivity contribution in [3.05, 3.63) is 0 Å². The number of carboxylic acids is 1. The van der Waals surface area contributed by atoms with Gasteiger partial charge in [0.25, 0.3) is 5.91 Å². The molecule has 0 saturated carbocycles. The van der Waals surface area contributed by atoms with E-state index in [1.54, 1.807) is 11.8 Å². The van der Waals surface area contributed by atoms with Crippen LogP contribution in [0.25, 0.3) is 0 Å². The first-order valence-corrected chi connectivity index (χ1v) is 5.96. The molecule has 0 bridgehead atoms. The van der Waals surface area contributed by atoms with Crippen LogP contribution in [0.3, 0.4) is 0 Å². The summed E-state index contributed by atoms with van der Waals surface area (Å²) in [4.78, 5) is 35.2. The Hall–Kier alpha value is -1.63. The minimum atomic E-state index is -0.951. The van der Waals surface area contributed by atoms with Gasteiger partial charge >= 0.3 is 5.97 Å². The van der Waals surface area contributed by atoms with Crippen LogP contribution < -0.4 is 10.9 Å². The second kappa shape index (κ2) is 5.81. The van der Waals surface area contributed by atoms with Crippen LogP contribution >= 0.6 is 0 Å². The van der Waals surface area contributed by atoms with Gasteiger partial charge in [-0.15, -0.1) is 0 Å². The summed E-state index contributed by atoms with van der Waals surface area (Å²) in [5.74, 6) is -1.68. The highest BCUT2D eigenvalue weighted by Crippen LogP contribution is 2.32. The number of nitrogens with zero attached hydrogens (tertiary/aromatic N) is 1. The largest absolute Gasteiger partial charge is 0.480 e. The zero-order valence-electron chi connectivity index (χ0n) is 10.7. The van der Waals surface area contributed by atoms with Crippen molar-refractivity contribution < 1.29 is 19.5 Å². The Morgan fingerprint density at radius 1 is 1.33 bits per heavy atom. The van der Waals surface area contributed by atoms with Crippen molar-refractivity contribution >= 4 is 17.8 Å². The molecule has 0 spiro atoms. The Bertz CT molecular complexity index is 358. The van der Waals surface area contributed by atoms with Gasteiger partial charge in [-0.05, 0) is 25.8 Å². The van der Waals surface area contributed by atoms with E-state index in [1.165, 1.54) is 6.92 Å². The normalized spacial score (nSPS) is 23.7. The summed E-state index contributed by atoms with van der Waals surface area (Å²) < 4.78 is 0. The zero-order chi connectivity index (χ0) is 13.8. The van der Waals surface area contributed by atoms with Gasteiger partial charge in [-0.1, -0.05) is 6.92 Å². The van der Waals surface area contributed by atoms with E-state index >= 15 is 0 Å². The smallest absolute Gasteiger partial charge is 0.324 e. The molecule has 0 aromatic carbocycles. The van der Waals surface area contributed by atoms with Crippen molar-refractivity contribution in [2.45, 2.75) is 38.6 Å². The van der Waals surface area contributed by atoms with E-state index in [2.05, 4.69) is 10.9 Å². The van der Waals surface area contributed by atoms with E-state index in [0.717, 1.165) is 6.42 Å². The molecule has 7 nitrogen and oxygen atoms in total. The third kappa shape index (κ3) is 2.98. The lowest BCUT2D eigenvalue weighted by atomic mass is 9.93. The van der Waals surface area contributed by atoms with E-state index in [0.29, 0.717) is 19.4 Å². The third-order valence-corrected chi connectivity index (χ3v) is 3.32. The van der Waals surface area contributed by atoms with Crippen molar-refractivity contribution in [3.63, 3.8) is 0 Å². The lowest BCUT2D eigenvalue weighted by Crippen LogP contribution is -2.54. The summed E-state index contributed by atoms with van der Waals surface area (Å²) >= 11 is 0. The number of amides is 2. The Kier molecular flexibility index (Phi) is 4.66. The molecule has 0 aromatic rings. The van der Waals surface area contributed by atoms with Crippen molar-refractivity contribution in [2.24, 2.45) is 0 Å². The SMILES string of the molecule is CCC1(C(=O)O)CCCN1CC(=O)NNC(C)=O. The number of hydrogen-bond donors (Lipinski definition) is 3. The molecule has 1 saturated heterocycles. The predicted octanol–water partition coefficient (Wildman–Crippen LogP) is -0.517. The molecule has 1 aliphatic heterocycles. The predicted molar refractivity (Wildman–Crippen MR) is 63.4 cm³/mol. The first kappa shape index (κ1) is 14.4. The Labute approximate surface area is 105 Å². The Morgan fingerprint density at radius 2 is 2.00 bits per heavy atom. The molecule has 2 amide bonds. The van der Waals surface area contributed by atoms with Gasteiger partial charge in [0.1, 0.15) is 5.54 Å². The second-order valence-electron chi connectivity index (χ2n) is 4.44. The average Bonchev–Trinajstić information content (AvgIpc) is 2.70. The number of aliphatic carboxylic acids is 1. The van der Waals surface area contributed by atoms with Gasteiger partial charge in [-0.3, -0.25) is 30.1 Å². The van der Waals surface area contributed by atoms with Gasteiger partial charge in [0.2, 0.25) is 5.91 Å². The molecular formula is C11H19N3O4. The van der Waals surface area contributed by atoms with Crippen LogP contribution in [0.4, 0.5) is 0 Å². The van der Waals surface area contributed by atoms with Gasteiger partial charge < -0.3 is 5.11 Å². The molecule has 1 fully saturated rings. The molecule has 3 N–H and O–H groups in total. The maximum absolute atomic E-state index is 11.6. The lowest BCUT2D eigenvalue weighted by Gasteiger charge is -2.33. The van der Waals surface area contributed by atoms with Crippen LogP contribution in [0.1, 0.15) is 33.1 Å². The van der Waals surface area contributed by atoms with Crippen molar-refractivity contribution in [1.82, 2.24) is 15.8 Å². The number of hydrazine groups is 1. The van der Waals surface area contributed by atoms with E-state index in [4.69, 9.17) is 0 Å². The summed E-state index contributed by atoms with van der Waals surface area (Å²) in [6.07, 6.45) is 1.76. The fourth-order valence-electron chi connectivity index (χ4n) is 2.33. The average molecular weight is 257 g/mol. The summed E-state index contributed by atoms with van der Waals surface area (Å²) in [6.45, 7) is 3.63. The maximum atomic E-state index is 11.6. The van der Waals surface area contributed by atoms with E-state index in [-0.39, 0.29) is 12.5 Å². The first-order valence-electron chi connectivity index (χ1n) is 5.96. The van der Waals surface area contributed by atoms with Crippen LogP contribution in [-0.2, 0) is 14.4 Å². The van der Waals surface area contributed by atoms with E-state index < -0.39 is 17.4 Å².